The molecule has 0 bridgehead atoms. The number of nitrogens with zero attached hydrogens (tertiary/aromatic N) is 1. The highest BCUT2D eigenvalue weighted by Gasteiger charge is 2.36. The summed E-state index contributed by atoms with van der Waals surface area (Å²) in [6, 6.07) is 1.92. The molecule has 0 aromatic heterocycles. The number of hydrogen-bond donors (Lipinski definition) is 2. The van der Waals surface area contributed by atoms with E-state index in [0.717, 1.165) is 13.0 Å². The van der Waals surface area contributed by atoms with Crippen molar-refractivity contribution in [2.45, 2.75) is 24.6 Å². The minimum atomic E-state index is -4.26. The van der Waals surface area contributed by atoms with Crippen molar-refractivity contribution < 1.29 is 13.2 Å². The van der Waals surface area contributed by atoms with Crippen LogP contribution < -0.4 is 10.6 Å². The van der Waals surface area contributed by atoms with Crippen LogP contribution in [0.25, 0.3) is 0 Å². The van der Waals surface area contributed by atoms with Gasteiger partial charge in [0, 0.05) is 6.54 Å². The van der Waals surface area contributed by atoms with Crippen molar-refractivity contribution in [3.05, 3.63) is 0 Å². The van der Waals surface area contributed by atoms with Crippen LogP contribution in [0.4, 0.5) is 13.2 Å². The molecule has 1 rings (SSSR count). The summed E-state index contributed by atoms with van der Waals surface area (Å²) in [5.41, 5.74) is -1.05. The quantitative estimate of drug-likeness (QED) is 0.703. The van der Waals surface area contributed by atoms with E-state index in [1.807, 2.05) is 6.07 Å². The molecule has 80 valence electrons. The Morgan fingerprint density at radius 2 is 2.21 bits per heavy atom. The lowest BCUT2D eigenvalue weighted by atomic mass is 9.92. The van der Waals surface area contributed by atoms with E-state index in [-0.39, 0.29) is 6.54 Å². The molecule has 1 aliphatic rings. The Hall–Kier alpha value is -0.800. The molecule has 3 nitrogen and oxygen atoms in total. The van der Waals surface area contributed by atoms with Gasteiger partial charge in [-0.05, 0) is 19.4 Å². The zero-order valence-electron chi connectivity index (χ0n) is 7.62. The van der Waals surface area contributed by atoms with E-state index in [1.54, 1.807) is 0 Å². The molecular weight excluding hydrogens is 195 g/mol. The topological polar surface area (TPSA) is 47.9 Å². The summed E-state index contributed by atoms with van der Waals surface area (Å²) in [7, 11) is 0. The zero-order valence-corrected chi connectivity index (χ0v) is 7.62. The third kappa shape index (κ3) is 3.16. The molecule has 1 aliphatic heterocycles. The fourth-order valence-electron chi connectivity index (χ4n) is 1.46. The van der Waals surface area contributed by atoms with E-state index in [4.69, 9.17) is 5.26 Å². The predicted molar refractivity (Wildman–Crippen MR) is 44.5 cm³/mol. The maximum Gasteiger partial charge on any atom is 0.401 e. The normalized spacial score (nSPS) is 28.4. The summed E-state index contributed by atoms with van der Waals surface area (Å²) < 4.78 is 35.8. The number of rotatable bonds is 2. The fourth-order valence-corrected chi connectivity index (χ4v) is 1.46. The van der Waals surface area contributed by atoms with E-state index in [2.05, 4.69) is 10.6 Å². The molecule has 1 fully saturated rings. The summed E-state index contributed by atoms with van der Waals surface area (Å²) in [6.07, 6.45) is -3.08. The number of nitriles is 1. The van der Waals surface area contributed by atoms with Crippen LogP contribution in [0.3, 0.4) is 0 Å². The number of alkyl halides is 3. The standard InChI is InChI=1S/C8H12F3N3/c9-8(10,11)6-14-7(4-12)2-1-3-13-5-7/h13-14H,1-3,5-6H2. The third-order valence-electron chi connectivity index (χ3n) is 2.23. The van der Waals surface area contributed by atoms with Gasteiger partial charge in [-0.25, -0.2) is 0 Å². The van der Waals surface area contributed by atoms with Crippen LogP contribution in [0.15, 0.2) is 0 Å². The summed E-state index contributed by atoms with van der Waals surface area (Å²) in [6.45, 7) is -0.0705. The Labute approximate surface area is 80.3 Å². The van der Waals surface area contributed by atoms with E-state index < -0.39 is 18.3 Å². The van der Waals surface area contributed by atoms with Crippen LogP contribution in [0.5, 0.6) is 0 Å². The Bertz CT molecular complexity index is 225. The van der Waals surface area contributed by atoms with Gasteiger partial charge in [0.1, 0.15) is 5.54 Å². The van der Waals surface area contributed by atoms with Crippen LogP contribution >= 0.6 is 0 Å². The van der Waals surface area contributed by atoms with Gasteiger partial charge in [-0.2, -0.15) is 18.4 Å². The molecule has 1 atom stereocenters. The molecule has 0 spiro atoms. The molecule has 2 N–H and O–H groups in total. The summed E-state index contributed by atoms with van der Waals surface area (Å²) in [5.74, 6) is 0. The molecule has 0 amide bonds. The van der Waals surface area contributed by atoms with Crippen molar-refractivity contribution in [2.75, 3.05) is 19.6 Å². The second-order valence-electron chi connectivity index (χ2n) is 3.44. The van der Waals surface area contributed by atoms with Gasteiger partial charge in [0.15, 0.2) is 0 Å². The highest BCUT2D eigenvalue weighted by Crippen LogP contribution is 2.19. The molecule has 0 aromatic carbocycles. The average Bonchev–Trinajstić information content (AvgIpc) is 2.15. The van der Waals surface area contributed by atoms with E-state index in [0.29, 0.717) is 6.42 Å². The smallest absolute Gasteiger partial charge is 0.314 e. The van der Waals surface area contributed by atoms with E-state index >= 15 is 0 Å². The maximum atomic E-state index is 11.9. The second-order valence-corrected chi connectivity index (χ2v) is 3.44. The molecule has 0 aromatic rings. The molecule has 0 aliphatic carbocycles. The SMILES string of the molecule is N#CC1(NCC(F)(F)F)CCCNC1. The molecule has 14 heavy (non-hydrogen) atoms. The molecule has 0 saturated carbocycles. The van der Waals surface area contributed by atoms with Gasteiger partial charge in [0.25, 0.3) is 0 Å². The van der Waals surface area contributed by atoms with Gasteiger partial charge in [-0.3, -0.25) is 5.32 Å². The van der Waals surface area contributed by atoms with Gasteiger partial charge >= 0.3 is 6.18 Å². The van der Waals surface area contributed by atoms with Crippen molar-refractivity contribution in [1.82, 2.24) is 10.6 Å². The molecule has 1 saturated heterocycles. The summed E-state index contributed by atoms with van der Waals surface area (Å²) in [4.78, 5) is 0. The highest BCUT2D eigenvalue weighted by atomic mass is 19.4. The predicted octanol–water partition coefficient (Wildman–Crippen LogP) is 0.784. The van der Waals surface area contributed by atoms with Crippen LogP contribution in [0, 0.1) is 11.3 Å². The average molecular weight is 207 g/mol. The summed E-state index contributed by atoms with van der Waals surface area (Å²) >= 11 is 0. The largest absolute Gasteiger partial charge is 0.401 e. The van der Waals surface area contributed by atoms with Gasteiger partial charge in [-0.15, -0.1) is 0 Å². The number of nitrogens with one attached hydrogen (secondary N) is 2. The van der Waals surface area contributed by atoms with E-state index in [1.165, 1.54) is 0 Å². The number of halogens is 3. The lowest BCUT2D eigenvalue weighted by Crippen LogP contribution is -2.56. The van der Waals surface area contributed by atoms with Crippen LogP contribution in [-0.2, 0) is 0 Å². The highest BCUT2D eigenvalue weighted by molar-refractivity contribution is 5.10. The minimum absolute atomic E-state index is 0.277. The third-order valence-corrected chi connectivity index (χ3v) is 2.23. The maximum absolute atomic E-state index is 11.9. The Kier molecular flexibility index (Phi) is 3.34. The van der Waals surface area contributed by atoms with Crippen molar-refractivity contribution >= 4 is 0 Å². The lowest BCUT2D eigenvalue weighted by Gasteiger charge is -2.32. The van der Waals surface area contributed by atoms with Gasteiger partial charge in [0.05, 0.1) is 12.6 Å². The van der Waals surface area contributed by atoms with Crippen LogP contribution in [-0.4, -0.2) is 31.3 Å². The first-order valence-electron chi connectivity index (χ1n) is 4.41. The van der Waals surface area contributed by atoms with Gasteiger partial charge in [0.2, 0.25) is 0 Å². The molecule has 1 heterocycles. The number of hydrogen-bond acceptors (Lipinski definition) is 3. The van der Waals surface area contributed by atoms with Crippen molar-refractivity contribution in [1.29, 1.82) is 5.26 Å². The Morgan fingerprint density at radius 3 is 2.64 bits per heavy atom. The first-order chi connectivity index (χ1) is 6.47. The van der Waals surface area contributed by atoms with Crippen LogP contribution in [0.1, 0.15) is 12.8 Å². The number of piperidine rings is 1. The van der Waals surface area contributed by atoms with Crippen molar-refractivity contribution in [3.63, 3.8) is 0 Å². The monoisotopic (exact) mass is 207 g/mol. The summed E-state index contributed by atoms with van der Waals surface area (Å²) in [5, 5.41) is 14.0. The van der Waals surface area contributed by atoms with Crippen LogP contribution in [0.2, 0.25) is 0 Å². The lowest BCUT2D eigenvalue weighted by molar-refractivity contribution is -0.127. The van der Waals surface area contributed by atoms with Gasteiger partial charge < -0.3 is 5.32 Å². The first-order valence-corrected chi connectivity index (χ1v) is 4.41. The second kappa shape index (κ2) is 4.15. The Morgan fingerprint density at radius 1 is 1.50 bits per heavy atom. The minimum Gasteiger partial charge on any atom is -0.314 e. The fraction of sp³-hybridized carbons (Fsp3) is 0.875. The first kappa shape index (κ1) is 11.3. The molecule has 6 heteroatoms. The molecular formula is C8H12F3N3. The zero-order chi connectivity index (χ0) is 10.7. The molecule has 0 radical (unpaired) electrons. The van der Waals surface area contributed by atoms with Gasteiger partial charge in [-0.1, -0.05) is 0 Å². The molecule has 1 unspecified atom stereocenters. The van der Waals surface area contributed by atoms with E-state index in [9.17, 15) is 13.2 Å². The van der Waals surface area contributed by atoms with Crippen molar-refractivity contribution in [2.24, 2.45) is 0 Å². The van der Waals surface area contributed by atoms with Crippen molar-refractivity contribution in [3.8, 4) is 6.07 Å². The Balaban J connectivity index is 2.50.